The molecule has 2 aromatic rings. The molecular weight excluding hydrogens is 260 g/mol. The van der Waals surface area contributed by atoms with Gasteiger partial charge in [-0.15, -0.1) is 0 Å². The van der Waals surface area contributed by atoms with Gasteiger partial charge in [-0.1, -0.05) is 17.7 Å². The van der Waals surface area contributed by atoms with E-state index in [1.807, 2.05) is 31.2 Å². The van der Waals surface area contributed by atoms with E-state index in [9.17, 15) is 4.79 Å². The maximum Gasteiger partial charge on any atom is 0.316 e. The number of H-pyrrole nitrogens is 1. The lowest BCUT2D eigenvalue weighted by Gasteiger charge is -2.04. The molecule has 0 bridgehead atoms. The van der Waals surface area contributed by atoms with Crippen LogP contribution in [-0.4, -0.2) is 9.55 Å². The Bertz CT molecular complexity index is 644. The van der Waals surface area contributed by atoms with E-state index in [2.05, 4.69) is 4.98 Å². The predicted molar refractivity (Wildman–Crippen MR) is 70.7 cm³/mol. The zero-order valence-corrected chi connectivity index (χ0v) is 10.8. The Morgan fingerprint density at radius 1 is 1.25 bits per heavy atom. The van der Waals surface area contributed by atoms with Gasteiger partial charge in [-0.05, 0) is 54.8 Å². The zero-order chi connectivity index (χ0) is 11.7. The van der Waals surface area contributed by atoms with E-state index in [0.717, 1.165) is 22.6 Å². The third-order valence-electron chi connectivity index (χ3n) is 2.07. The highest BCUT2D eigenvalue weighted by atomic mass is 32.1. The Balaban J connectivity index is 2.75. The molecule has 0 fully saturated rings. The Kier molecular flexibility index (Phi) is 3.13. The summed E-state index contributed by atoms with van der Waals surface area (Å²) in [5.74, 6) is 0. The summed E-state index contributed by atoms with van der Waals surface area (Å²) in [5.41, 5.74) is 1.89. The number of aromatic amines is 1. The van der Waals surface area contributed by atoms with Crippen LogP contribution in [0.15, 0.2) is 29.1 Å². The van der Waals surface area contributed by atoms with Gasteiger partial charge in [0.05, 0.1) is 5.69 Å². The third-order valence-corrected chi connectivity index (χ3v) is 3.35. The summed E-state index contributed by atoms with van der Waals surface area (Å²) >= 11 is 11.0. The maximum atomic E-state index is 11.8. The highest BCUT2D eigenvalue weighted by Crippen LogP contribution is 2.07. The topological polar surface area (TPSA) is 37.8 Å². The number of aromatic nitrogens is 2. The summed E-state index contributed by atoms with van der Waals surface area (Å²) in [6.45, 7) is 1.99. The summed E-state index contributed by atoms with van der Waals surface area (Å²) < 4.78 is 2.17. The number of aryl methyl sites for hydroxylation is 1. The van der Waals surface area contributed by atoms with Crippen molar-refractivity contribution < 1.29 is 0 Å². The molecule has 0 saturated carbocycles. The first-order chi connectivity index (χ1) is 7.58. The molecule has 0 aliphatic rings. The van der Waals surface area contributed by atoms with Crippen LogP contribution in [-0.2, 0) is 0 Å². The van der Waals surface area contributed by atoms with Gasteiger partial charge in [0.1, 0.15) is 0 Å². The fraction of sp³-hybridized carbons (Fsp3) is 0.100. The lowest BCUT2D eigenvalue weighted by molar-refractivity contribution is 0.946. The van der Waals surface area contributed by atoms with Crippen molar-refractivity contribution in [1.29, 1.82) is 0 Å². The molecule has 0 spiro atoms. The lowest BCUT2D eigenvalue weighted by atomic mass is 10.2. The van der Waals surface area contributed by atoms with E-state index < -0.39 is 0 Å². The lowest BCUT2D eigenvalue weighted by Crippen LogP contribution is -2.16. The first-order valence-electron chi connectivity index (χ1n) is 4.51. The van der Waals surface area contributed by atoms with Crippen molar-refractivity contribution in [1.82, 2.24) is 9.55 Å². The second kappa shape index (κ2) is 4.40. The van der Waals surface area contributed by atoms with E-state index in [-0.39, 0.29) is 4.87 Å². The number of hydrogen-bond donors (Lipinski definition) is 1. The van der Waals surface area contributed by atoms with Crippen LogP contribution in [0.2, 0.25) is 0 Å². The summed E-state index contributed by atoms with van der Waals surface area (Å²) in [6, 6.07) is 7.58. The van der Waals surface area contributed by atoms with Crippen molar-refractivity contribution in [3.63, 3.8) is 0 Å². The van der Waals surface area contributed by atoms with Gasteiger partial charge < -0.3 is 4.98 Å². The second-order valence-electron chi connectivity index (χ2n) is 3.26. The van der Waals surface area contributed by atoms with E-state index in [4.69, 9.17) is 24.4 Å². The number of hydrogen-bond acceptors (Lipinski definition) is 4. The van der Waals surface area contributed by atoms with Crippen molar-refractivity contribution in [3.8, 4) is 5.69 Å². The Labute approximate surface area is 106 Å². The van der Waals surface area contributed by atoms with Crippen LogP contribution in [0, 0.1) is 15.6 Å². The first kappa shape index (κ1) is 11.4. The molecule has 16 heavy (non-hydrogen) atoms. The molecule has 3 nitrogen and oxygen atoms in total. The predicted octanol–water partition coefficient (Wildman–Crippen LogP) is 2.99. The van der Waals surface area contributed by atoms with Crippen molar-refractivity contribution in [3.05, 3.63) is 48.2 Å². The van der Waals surface area contributed by atoms with Crippen molar-refractivity contribution in [2.24, 2.45) is 0 Å². The molecule has 1 aromatic carbocycles. The van der Waals surface area contributed by atoms with Gasteiger partial charge in [-0.3, -0.25) is 4.79 Å². The molecule has 1 N–H and O–H groups in total. The minimum atomic E-state index is -0.169. The van der Waals surface area contributed by atoms with Crippen LogP contribution in [0.1, 0.15) is 5.56 Å². The van der Waals surface area contributed by atoms with E-state index in [1.165, 1.54) is 4.57 Å². The van der Waals surface area contributed by atoms with Crippen molar-refractivity contribution in [2.45, 2.75) is 6.92 Å². The maximum absolute atomic E-state index is 11.8. The molecule has 0 aliphatic carbocycles. The van der Waals surface area contributed by atoms with Crippen LogP contribution in [0.25, 0.3) is 5.69 Å². The molecule has 0 radical (unpaired) electrons. The Hall–Kier alpha value is -1.11. The van der Waals surface area contributed by atoms with Crippen molar-refractivity contribution in [2.75, 3.05) is 0 Å². The average Bonchev–Trinajstić information content (AvgIpc) is 2.19. The molecule has 6 heteroatoms. The van der Waals surface area contributed by atoms with Gasteiger partial charge in [0.15, 0.2) is 8.73 Å². The minimum Gasteiger partial charge on any atom is -0.314 e. The number of nitrogens with one attached hydrogen (secondary N) is 1. The quantitative estimate of drug-likeness (QED) is 0.808. The van der Waals surface area contributed by atoms with Gasteiger partial charge >= 0.3 is 4.87 Å². The van der Waals surface area contributed by atoms with Crippen molar-refractivity contribution >= 4 is 35.8 Å². The molecule has 0 unspecified atom stereocenters. The van der Waals surface area contributed by atoms with Gasteiger partial charge in [-0.25, -0.2) is 4.57 Å². The third kappa shape index (κ3) is 2.18. The first-order valence-corrected chi connectivity index (χ1v) is 6.15. The van der Waals surface area contributed by atoms with Crippen LogP contribution in [0.4, 0.5) is 0 Å². The molecular formula is C10H8N2OS3. The Morgan fingerprint density at radius 2 is 1.88 bits per heavy atom. The van der Waals surface area contributed by atoms with E-state index in [1.54, 1.807) is 0 Å². The van der Waals surface area contributed by atoms with E-state index in [0.29, 0.717) is 8.73 Å². The smallest absolute Gasteiger partial charge is 0.314 e. The Morgan fingerprint density at radius 3 is 2.44 bits per heavy atom. The normalized spacial score (nSPS) is 10.3. The van der Waals surface area contributed by atoms with E-state index >= 15 is 0 Å². The fourth-order valence-electron chi connectivity index (χ4n) is 1.29. The summed E-state index contributed by atoms with van der Waals surface area (Å²) in [4.78, 5) is 14.4. The number of rotatable bonds is 1. The van der Waals surface area contributed by atoms with Gasteiger partial charge in [0.2, 0.25) is 0 Å². The summed E-state index contributed by atoms with van der Waals surface area (Å²) in [6.07, 6.45) is 0. The summed E-state index contributed by atoms with van der Waals surface area (Å²) in [7, 11) is 0. The number of nitrogens with zero attached hydrogens (tertiary/aromatic N) is 1. The molecule has 2 rings (SSSR count). The average molecular weight is 268 g/mol. The fourth-order valence-corrected chi connectivity index (χ4v) is 2.68. The molecule has 0 saturated heterocycles. The summed E-state index contributed by atoms with van der Waals surface area (Å²) in [5, 5.41) is 0. The number of benzene rings is 1. The largest absolute Gasteiger partial charge is 0.316 e. The molecule has 0 aliphatic heterocycles. The van der Waals surface area contributed by atoms with Crippen LogP contribution >= 0.6 is 35.8 Å². The van der Waals surface area contributed by atoms with Crippen LogP contribution < -0.4 is 4.87 Å². The standard InChI is InChI=1S/C10H8N2OS3/c1-6-2-4-7(5-3-6)12-8(14)11-9(15)16-10(12)13/h2-5H,1H3,(H,11,14,15). The molecule has 0 amide bonds. The van der Waals surface area contributed by atoms with Gasteiger partial charge in [0.25, 0.3) is 0 Å². The molecule has 1 aromatic heterocycles. The molecule has 82 valence electrons. The SMILES string of the molecule is Cc1ccc(-n2c(=S)[nH]c(=S)sc2=O)cc1. The van der Waals surface area contributed by atoms with Crippen LogP contribution in [0.3, 0.4) is 0 Å². The minimum absolute atomic E-state index is 0.169. The highest BCUT2D eigenvalue weighted by molar-refractivity contribution is 7.73. The molecule has 1 heterocycles. The zero-order valence-electron chi connectivity index (χ0n) is 8.39. The second-order valence-corrected chi connectivity index (χ2v) is 5.27. The van der Waals surface area contributed by atoms with Gasteiger partial charge in [0, 0.05) is 0 Å². The highest BCUT2D eigenvalue weighted by Gasteiger charge is 2.02. The van der Waals surface area contributed by atoms with Crippen LogP contribution in [0.5, 0.6) is 0 Å². The monoisotopic (exact) mass is 268 g/mol. The molecule has 0 atom stereocenters. The van der Waals surface area contributed by atoms with Gasteiger partial charge in [-0.2, -0.15) is 0 Å².